The molecule has 0 bridgehead atoms. The zero-order chi connectivity index (χ0) is 18.3. The Hall–Kier alpha value is -2.12. The van der Waals surface area contributed by atoms with Crippen LogP contribution in [-0.2, 0) is 21.5 Å². The second kappa shape index (κ2) is 7.48. The molecule has 1 aliphatic carbocycles. The van der Waals surface area contributed by atoms with Crippen LogP contribution in [-0.4, -0.2) is 48.4 Å². The van der Waals surface area contributed by atoms with Crippen LogP contribution in [0.25, 0.3) is 0 Å². The molecule has 146 valence electrons. The third-order valence-corrected chi connectivity index (χ3v) is 5.86. The molecule has 2 aliphatic heterocycles. The van der Waals surface area contributed by atoms with Crippen molar-refractivity contribution in [2.75, 3.05) is 19.6 Å². The van der Waals surface area contributed by atoms with E-state index in [2.05, 4.69) is 22.9 Å². The van der Waals surface area contributed by atoms with Crippen LogP contribution in [0.3, 0.4) is 0 Å². The van der Waals surface area contributed by atoms with Crippen LogP contribution in [0.4, 0.5) is 4.79 Å². The van der Waals surface area contributed by atoms with Gasteiger partial charge in [0.2, 0.25) is 5.91 Å². The number of hydrogen-bond acceptors (Lipinski definition) is 4. The lowest BCUT2D eigenvalue weighted by Gasteiger charge is -2.30. The highest BCUT2D eigenvalue weighted by molar-refractivity contribution is 6.09. The first kappa shape index (κ1) is 19.6. The monoisotopic (exact) mass is 392 g/mol. The number of imide groups is 1. The maximum Gasteiger partial charge on any atom is 0.325 e. The Morgan fingerprint density at radius 2 is 2.11 bits per heavy atom. The molecule has 27 heavy (non-hydrogen) atoms. The van der Waals surface area contributed by atoms with Gasteiger partial charge in [-0.25, -0.2) is 4.79 Å². The Balaban J connectivity index is 0.00000210. The van der Waals surface area contributed by atoms with E-state index in [4.69, 9.17) is 0 Å². The quantitative estimate of drug-likeness (QED) is 0.667. The molecule has 0 aromatic heterocycles. The largest absolute Gasteiger partial charge is 0.351 e. The number of benzene rings is 1. The maximum absolute atomic E-state index is 13.0. The molecule has 3 unspecified atom stereocenters. The van der Waals surface area contributed by atoms with E-state index in [0.29, 0.717) is 12.3 Å². The Morgan fingerprint density at radius 3 is 2.89 bits per heavy atom. The molecule has 0 radical (unpaired) electrons. The van der Waals surface area contributed by atoms with Crippen LogP contribution in [0.2, 0.25) is 0 Å². The number of hydrogen-bond donors (Lipinski definition) is 3. The molecule has 2 heterocycles. The molecule has 2 saturated heterocycles. The molecule has 3 atom stereocenters. The summed E-state index contributed by atoms with van der Waals surface area (Å²) in [5, 5.41) is 9.12. The lowest BCUT2D eigenvalue weighted by atomic mass is 9.92. The Kier molecular flexibility index (Phi) is 5.44. The Bertz CT molecular complexity index is 771. The highest BCUT2D eigenvalue weighted by Crippen LogP contribution is 2.41. The van der Waals surface area contributed by atoms with E-state index < -0.39 is 11.6 Å². The first-order valence-electron chi connectivity index (χ1n) is 9.24. The molecule has 3 aliphatic rings. The van der Waals surface area contributed by atoms with Crippen molar-refractivity contribution in [1.82, 2.24) is 20.9 Å². The summed E-state index contributed by atoms with van der Waals surface area (Å²) in [6.45, 7) is 3.56. The highest BCUT2D eigenvalue weighted by atomic mass is 35.5. The number of urea groups is 1. The number of rotatable bonds is 3. The molecular formula is C19H25ClN4O3. The van der Waals surface area contributed by atoms with Crippen molar-refractivity contribution >= 4 is 30.3 Å². The highest BCUT2D eigenvalue weighted by Gasteiger charge is 2.55. The first-order chi connectivity index (χ1) is 12.5. The topological polar surface area (TPSA) is 90.5 Å². The van der Waals surface area contributed by atoms with E-state index in [1.807, 2.05) is 24.3 Å². The minimum absolute atomic E-state index is 0. The zero-order valence-electron chi connectivity index (χ0n) is 15.3. The van der Waals surface area contributed by atoms with E-state index >= 15 is 0 Å². The van der Waals surface area contributed by atoms with Crippen LogP contribution in [0.15, 0.2) is 24.3 Å². The smallest absolute Gasteiger partial charge is 0.325 e. The number of piperidine rings is 1. The van der Waals surface area contributed by atoms with Crippen molar-refractivity contribution in [2.45, 2.75) is 37.8 Å². The van der Waals surface area contributed by atoms with Gasteiger partial charge in [-0.05, 0) is 49.4 Å². The summed E-state index contributed by atoms with van der Waals surface area (Å²) in [5.74, 6) is -0.277. The molecule has 4 amide bonds. The summed E-state index contributed by atoms with van der Waals surface area (Å²) in [5.41, 5.74) is 0.930. The van der Waals surface area contributed by atoms with Crippen LogP contribution < -0.4 is 16.0 Å². The number of carbonyl (C=O) groups excluding carboxylic acids is 3. The molecule has 4 rings (SSSR count). The summed E-state index contributed by atoms with van der Waals surface area (Å²) < 4.78 is 0. The third kappa shape index (κ3) is 3.30. The number of halogens is 1. The van der Waals surface area contributed by atoms with Gasteiger partial charge in [0.25, 0.3) is 5.91 Å². The van der Waals surface area contributed by atoms with Crippen LogP contribution in [0, 0.1) is 5.92 Å². The maximum atomic E-state index is 13.0. The fourth-order valence-electron chi connectivity index (χ4n) is 4.36. The van der Waals surface area contributed by atoms with E-state index in [1.165, 1.54) is 0 Å². The molecule has 3 N–H and O–H groups in total. The van der Waals surface area contributed by atoms with Gasteiger partial charge < -0.3 is 16.0 Å². The molecule has 1 aromatic carbocycles. The van der Waals surface area contributed by atoms with Crippen molar-refractivity contribution in [3.05, 3.63) is 35.4 Å². The lowest BCUT2D eigenvalue weighted by Crippen LogP contribution is -2.51. The summed E-state index contributed by atoms with van der Waals surface area (Å²) in [4.78, 5) is 39.0. The normalized spacial score (nSPS) is 29.3. The Labute approximate surface area is 164 Å². The van der Waals surface area contributed by atoms with Crippen LogP contribution in [0.5, 0.6) is 0 Å². The van der Waals surface area contributed by atoms with Crippen LogP contribution >= 0.6 is 12.4 Å². The van der Waals surface area contributed by atoms with E-state index in [-0.39, 0.29) is 36.8 Å². The van der Waals surface area contributed by atoms with Gasteiger partial charge >= 0.3 is 6.03 Å². The summed E-state index contributed by atoms with van der Waals surface area (Å²) in [6.07, 6.45) is 2.14. The minimum atomic E-state index is -1.00. The summed E-state index contributed by atoms with van der Waals surface area (Å²) >= 11 is 0. The van der Waals surface area contributed by atoms with Crippen molar-refractivity contribution < 1.29 is 14.4 Å². The first-order valence-corrected chi connectivity index (χ1v) is 9.24. The lowest BCUT2D eigenvalue weighted by molar-refractivity contribution is -0.135. The van der Waals surface area contributed by atoms with Gasteiger partial charge in [0.15, 0.2) is 0 Å². The van der Waals surface area contributed by atoms with Gasteiger partial charge in [-0.2, -0.15) is 0 Å². The molecule has 8 heteroatoms. The average molecular weight is 393 g/mol. The van der Waals surface area contributed by atoms with Gasteiger partial charge in [-0.3, -0.25) is 14.5 Å². The van der Waals surface area contributed by atoms with Crippen molar-refractivity contribution in [3.63, 3.8) is 0 Å². The molecule has 0 saturated carbocycles. The van der Waals surface area contributed by atoms with E-state index in [0.717, 1.165) is 42.0 Å². The molecule has 1 aromatic rings. The predicted octanol–water partition coefficient (Wildman–Crippen LogP) is 0.916. The van der Waals surface area contributed by atoms with Gasteiger partial charge in [0.05, 0.1) is 0 Å². The molecule has 7 nitrogen and oxygen atoms in total. The fourth-order valence-corrected chi connectivity index (χ4v) is 4.36. The number of amides is 4. The minimum Gasteiger partial charge on any atom is -0.351 e. The number of nitrogens with one attached hydrogen (secondary N) is 3. The summed E-state index contributed by atoms with van der Waals surface area (Å²) in [7, 11) is 0. The van der Waals surface area contributed by atoms with E-state index in [1.54, 1.807) is 0 Å². The third-order valence-electron chi connectivity index (χ3n) is 5.86. The van der Waals surface area contributed by atoms with Gasteiger partial charge in [-0.15, -0.1) is 12.4 Å². The fraction of sp³-hybridized carbons (Fsp3) is 0.526. The number of aryl methyl sites for hydroxylation is 1. The van der Waals surface area contributed by atoms with Gasteiger partial charge in [0, 0.05) is 6.04 Å². The molecular weight excluding hydrogens is 368 g/mol. The van der Waals surface area contributed by atoms with Crippen molar-refractivity contribution in [1.29, 1.82) is 0 Å². The van der Waals surface area contributed by atoms with Gasteiger partial charge in [-0.1, -0.05) is 31.2 Å². The average Bonchev–Trinajstić information content (AvgIpc) is 3.11. The molecule has 2 fully saturated rings. The number of carbonyl (C=O) groups is 3. The second-order valence-corrected chi connectivity index (χ2v) is 7.53. The number of fused-ring (bicyclic) bond motifs is 2. The standard InChI is InChI=1S/C19H24N4O3.ClH/c1-12-10-20-9-7-15(12)21-16(24)11-23-17(25)19(22-18(23)26)8-6-13-4-2-3-5-14(13)19;/h2-5,12,15,20H,6-11H2,1H3,(H,21,24)(H,22,26);1H. The van der Waals surface area contributed by atoms with Crippen molar-refractivity contribution in [2.24, 2.45) is 5.92 Å². The predicted molar refractivity (Wildman–Crippen MR) is 103 cm³/mol. The SMILES string of the molecule is CC1CNCCC1NC(=O)CN1C(=O)NC2(CCc3ccccc32)C1=O.Cl. The second-order valence-electron chi connectivity index (χ2n) is 7.53. The van der Waals surface area contributed by atoms with Crippen molar-refractivity contribution in [3.8, 4) is 0 Å². The van der Waals surface area contributed by atoms with Gasteiger partial charge in [0.1, 0.15) is 12.1 Å². The Morgan fingerprint density at radius 1 is 1.33 bits per heavy atom. The van der Waals surface area contributed by atoms with E-state index in [9.17, 15) is 14.4 Å². The molecule has 1 spiro atoms. The van der Waals surface area contributed by atoms with Crippen LogP contribution in [0.1, 0.15) is 30.9 Å². The summed E-state index contributed by atoms with van der Waals surface area (Å²) in [6, 6.07) is 7.27. The number of nitrogens with zero attached hydrogens (tertiary/aromatic N) is 1. The zero-order valence-corrected chi connectivity index (χ0v) is 16.1.